The molecule has 126 valence electrons. The Bertz CT molecular complexity index is 526. The molecule has 0 aromatic carbocycles. The van der Waals surface area contributed by atoms with Gasteiger partial charge >= 0.3 is 11.9 Å². The Hall–Kier alpha value is -1.24. The zero-order valence-corrected chi connectivity index (χ0v) is 13.2. The third-order valence-corrected chi connectivity index (χ3v) is 3.57. The Balaban J connectivity index is 0. The van der Waals surface area contributed by atoms with Gasteiger partial charge in [0.2, 0.25) is 20.0 Å². The number of carbonyl (C=O) groups excluding carboxylic acids is 1. The van der Waals surface area contributed by atoms with Crippen LogP contribution in [-0.4, -0.2) is 52.5 Å². The Kier molecular flexibility index (Phi) is 11.0. The molecule has 0 rings (SSSR count). The SMILES string of the molecule is COC(=O)CCCS(N)(=O)=O.NS(=O)(=O)CCCC(=O)O. The number of carbonyl (C=O) groups is 2. The second kappa shape index (κ2) is 10.5. The summed E-state index contributed by atoms with van der Waals surface area (Å²) in [5.74, 6) is -1.88. The van der Waals surface area contributed by atoms with Crippen molar-refractivity contribution in [3.63, 3.8) is 0 Å². The van der Waals surface area contributed by atoms with E-state index in [1.165, 1.54) is 7.11 Å². The lowest BCUT2D eigenvalue weighted by Crippen LogP contribution is -2.17. The number of ether oxygens (including phenoxy) is 1. The fourth-order valence-corrected chi connectivity index (χ4v) is 2.04. The largest absolute Gasteiger partial charge is 0.481 e. The Morgan fingerprint density at radius 1 is 0.952 bits per heavy atom. The first-order chi connectivity index (χ1) is 9.37. The van der Waals surface area contributed by atoms with Gasteiger partial charge in [-0.05, 0) is 12.8 Å². The zero-order valence-electron chi connectivity index (χ0n) is 11.5. The van der Waals surface area contributed by atoms with E-state index in [1.54, 1.807) is 0 Å². The number of carboxylic acid groups (broad SMARTS) is 1. The van der Waals surface area contributed by atoms with E-state index in [-0.39, 0.29) is 37.2 Å². The van der Waals surface area contributed by atoms with E-state index in [0.717, 1.165) is 0 Å². The maximum Gasteiger partial charge on any atom is 0.305 e. The molecule has 0 spiro atoms. The lowest BCUT2D eigenvalue weighted by molar-refractivity contribution is -0.140. The molecule has 12 heteroatoms. The van der Waals surface area contributed by atoms with Gasteiger partial charge in [-0.25, -0.2) is 27.1 Å². The van der Waals surface area contributed by atoms with Gasteiger partial charge in [-0.2, -0.15) is 0 Å². The molecule has 5 N–H and O–H groups in total. The van der Waals surface area contributed by atoms with Gasteiger partial charge in [0.1, 0.15) is 0 Å². The van der Waals surface area contributed by atoms with Crippen molar-refractivity contribution < 1.29 is 36.3 Å². The number of methoxy groups -OCH3 is 1. The molecule has 0 aromatic rings. The predicted octanol–water partition coefficient (Wildman–Crippen LogP) is -1.63. The van der Waals surface area contributed by atoms with E-state index in [2.05, 4.69) is 15.0 Å². The summed E-state index contributed by atoms with van der Waals surface area (Å²) < 4.78 is 45.3. The van der Waals surface area contributed by atoms with E-state index in [1.807, 2.05) is 0 Å². The molecular formula is C9H20N2O8S2. The van der Waals surface area contributed by atoms with Gasteiger partial charge in [0.05, 0.1) is 18.6 Å². The second-order valence-corrected chi connectivity index (χ2v) is 7.38. The van der Waals surface area contributed by atoms with Crippen molar-refractivity contribution in [1.29, 1.82) is 0 Å². The highest BCUT2D eigenvalue weighted by Gasteiger charge is 2.05. The molecule has 0 unspecified atom stereocenters. The molecule has 0 aliphatic carbocycles. The zero-order chi connectivity index (χ0) is 17.1. The fourth-order valence-electron chi connectivity index (χ4n) is 0.944. The number of primary sulfonamides is 2. The van der Waals surface area contributed by atoms with Gasteiger partial charge in [0.25, 0.3) is 0 Å². The van der Waals surface area contributed by atoms with Crippen LogP contribution in [0.5, 0.6) is 0 Å². The minimum Gasteiger partial charge on any atom is -0.481 e. The smallest absolute Gasteiger partial charge is 0.305 e. The number of aliphatic carboxylic acids is 1. The minimum atomic E-state index is -3.48. The highest BCUT2D eigenvalue weighted by molar-refractivity contribution is 7.89. The summed E-state index contributed by atoms with van der Waals surface area (Å²) in [4.78, 5) is 20.3. The van der Waals surface area contributed by atoms with Crippen LogP contribution in [0.25, 0.3) is 0 Å². The lowest BCUT2D eigenvalue weighted by Gasteiger charge is -1.97. The number of esters is 1. The maximum absolute atomic E-state index is 10.4. The third kappa shape index (κ3) is 24.2. The summed E-state index contributed by atoms with van der Waals surface area (Å²) >= 11 is 0. The van der Waals surface area contributed by atoms with Crippen LogP contribution in [0, 0.1) is 0 Å². The standard InChI is InChI=1S/C5H11NO4S.C4H9NO4S/c1-10-5(7)3-2-4-11(6,8)9;5-10(8,9)3-1-2-4(6)7/h2-4H2,1H3,(H2,6,8,9);1-3H2,(H,6,7)(H2,5,8,9). The Labute approximate surface area is 123 Å². The number of hydrogen-bond donors (Lipinski definition) is 3. The van der Waals surface area contributed by atoms with Crippen molar-refractivity contribution in [3.8, 4) is 0 Å². The Morgan fingerprint density at radius 3 is 1.62 bits per heavy atom. The summed E-state index contributed by atoms with van der Waals surface area (Å²) in [6, 6.07) is 0. The first kappa shape index (κ1) is 22.0. The first-order valence-electron chi connectivity index (χ1n) is 5.67. The molecule has 0 saturated heterocycles. The number of rotatable bonds is 8. The van der Waals surface area contributed by atoms with Crippen LogP contribution in [0.2, 0.25) is 0 Å². The number of hydrogen-bond acceptors (Lipinski definition) is 7. The van der Waals surface area contributed by atoms with E-state index in [0.29, 0.717) is 0 Å². The maximum atomic E-state index is 10.4. The number of carboxylic acids is 1. The van der Waals surface area contributed by atoms with Gasteiger partial charge in [0.15, 0.2) is 0 Å². The summed E-state index contributed by atoms with van der Waals surface area (Å²) in [6.07, 6.45) is 0.225. The highest BCUT2D eigenvalue weighted by Crippen LogP contribution is 1.93. The molecule has 21 heavy (non-hydrogen) atoms. The summed E-state index contributed by atoms with van der Waals surface area (Å²) in [5.41, 5.74) is 0. The molecule has 0 amide bonds. The monoisotopic (exact) mass is 348 g/mol. The fraction of sp³-hybridized carbons (Fsp3) is 0.778. The normalized spacial score (nSPS) is 11.2. The lowest BCUT2D eigenvalue weighted by atomic mass is 10.3. The van der Waals surface area contributed by atoms with Gasteiger partial charge in [-0.3, -0.25) is 9.59 Å². The van der Waals surface area contributed by atoms with E-state index < -0.39 is 32.0 Å². The van der Waals surface area contributed by atoms with Crippen LogP contribution in [-0.2, 0) is 34.4 Å². The summed E-state index contributed by atoms with van der Waals surface area (Å²) in [6.45, 7) is 0. The van der Waals surface area contributed by atoms with Gasteiger partial charge in [-0.1, -0.05) is 0 Å². The van der Waals surface area contributed by atoms with Crippen LogP contribution < -0.4 is 10.3 Å². The molecule has 0 radical (unpaired) electrons. The second-order valence-electron chi connectivity index (χ2n) is 3.91. The van der Waals surface area contributed by atoms with Crippen molar-refractivity contribution in [2.75, 3.05) is 18.6 Å². The molecule has 0 aliphatic rings. The van der Waals surface area contributed by atoms with Crippen molar-refractivity contribution in [2.24, 2.45) is 10.3 Å². The quantitative estimate of drug-likeness (QED) is 0.436. The summed E-state index contributed by atoms with van der Waals surface area (Å²) in [7, 11) is -5.67. The van der Waals surface area contributed by atoms with Crippen LogP contribution in [0.3, 0.4) is 0 Å². The van der Waals surface area contributed by atoms with Gasteiger partial charge in [0, 0.05) is 12.8 Å². The molecule has 0 aromatic heterocycles. The molecule has 0 heterocycles. The molecule has 0 atom stereocenters. The molecule has 0 fully saturated rings. The third-order valence-electron chi connectivity index (χ3n) is 1.86. The van der Waals surface area contributed by atoms with Crippen LogP contribution in [0.1, 0.15) is 25.7 Å². The van der Waals surface area contributed by atoms with Crippen molar-refractivity contribution in [1.82, 2.24) is 0 Å². The topological polar surface area (TPSA) is 184 Å². The van der Waals surface area contributed by atoms with Crippen LogP contribution in [0.15, 0.2) is 0 Å². The van der Waals surface area contributed by atoms with Crippen LogP contribution >= 0.6 is 0 Å². The predicted molar refractivity (Wildman–Crippen MR) is 74.1 cm³/mol. The Morgan fingerprint density at radius 2 is 1.33 bits per heavy atom. The minimum absolute atomic E-state index is 0.0775. The average Bonchev–Trinajstić information content (AvgIpc) is 2.25. The molecule has 10 nitrogen and oxygen atoms in total. The number of nitrogens with two attached hydrogens (primary N) is 2. The molecule has 0 bridgehead atoms. The first-order valence-corrected chi connectivity index (χ1v) is 9.10. The molecular weight excluding hydrogens is 328 g/mol. The molecule has 0 aliphatic heterocycles. The molecule has 0 saturated carbocycles. The number of sulfonamides is 2. The average molecular weight is 348 g/mol. The van der Waals surface area contributed by atoms with E-state index in [4.69, 9.17) is 5.11 Å². The van der Waals surface area contributed by atoms with E-state index >= 15 is 0 Å². The van der Waals surface area contributed by atoms with Crippen molar-refractivity contribution >= 4 is 32.0 Å². The van der Waals surface area contributed by atoms with Crippen molar-refractivity contribution in [3.05, 3.63) is 0 Å². The highest BCUT2D eigenvalue weighted by atomic mass is 32.2. The summed E-state index contributed by atoms with van der Waals surface area (Å²) in [5, 5.41) is 17.4. The van der Waals surface area contributed by atoms with Gasteiger partial charge < -0.3 is 9.84 Å². The van der Waals surface area contributed by atoms with Gasteiger partial charge in [-0.15, -0.1) is 0 Å². The van der Waals surface area contributed by atoms with E-state index in [9.17, 15) is 26.4 Å². The van der Waals surface area contributed by atoms with Crippen molar-refractivity contribution in [2.45, 2.75) is 25.7 Å². The van der Waals surface area contributed by atoms with Crippen LogP contribution in [0.4, 0.5) is 0 Å².